The number of hydrogen-bond acceptors (Lipinski definition) is 3. The number of nitrogens with two attached hydrogens (primary N) is 1. The fourth-order valence-corrected chi connectivity index (χ4v) is 3.94. The normalized spacial score (nSPS) is 26.9. The molecule has 1 unspecified atom stereocenters. The summed E-state index contributed by atoms with van der Waals surface area (Å²) in [6, 6.07) is 0.563. The lowest BCUT2D eigenvalue weighted by Crippen LogP contribution is -2.47. The summed E-state index contributed by atoms with van der Waals surface area (Å²) >= 11 is 2.06. The topological polar surface area (TPSA) is 62.4 Å². The number of hydrogen-bond donors (Lipinski definition) is 3. The molecular weight excluding hydrogens is 244 g/mol. The molecule has 4 N–H and O–H groups in total. The van der Waals surface area contributed by atoms with Crippen molar-refractivity contribution in [2.24, 2.45) is 10.8 Å². The van der Waals surface area contributed by atoms with E-state index in [-0.39, 0.29) is 0 Å². The van der Waals surface area contributed by atoms with E-state index in [9.17, 15) is 0 Å². The Morgan fingerprint density at radius 3 is 2.56 bits per heavy atom. The summed E-state index contributed by atoms with van der Waals surface area (Å²) in [4.78, 5) is 4.61. The predicted molar refractivity (Wildman–Crippen MR) is 79.7 cm³/mol. The van der Waals surface area contributed by atoms with Crippen LogP contribution >= 0.6 is 11.8 Å². The molecule has 5 heteroatoms. The molecule has 1 aliphatic carbocycles. The third kappa shape index (κ3) is 4.69. The summed E-state index contributed by atoms with van der Waals surface area (Å²) in [6.07, 6.45) is 10.6. The minimum atomic E-state index is 0.563. The van der Waals surface area contributed by atoms with Crippen molar-refractivity contribution in [3.05, 3.63) is 0 Å². The van der Waals surface area contributed by atoms with Crippen LogP contribution in [0.3, 0.4) is 0 Å². The van der Waals surface area contributed by atoms with E-state index in [0.29, 0.717) is 11.3 Å². The zero-order valence-corrected chi connectivity index (χ0v) is 12.0. The molecule has 1 saturated heterocycles. The Balaban J connectivity index is 1.75. The van der Waals surface area contributed by atoms with Crippen LogP contribution in [0.5, 0.6) is 0 Å². The lowest BCUT2D eigenvalue weighted by Gasteiger charge is -2.25. The van der Waals surface area contributed by atoms with Gasteiger partial charge in [0, 0.05) is 11.3 Å². The van der Waals surface area contributed by atoms with Crippen LogP contribution in [-0.4, -0.2) is 29.5 Å². The Morgan fingerprint density at radius 2 is 1.89 bits per heavy atom. The lowest BCUT2D eigenvalue weighted by atomic mass is 9.96. The molecular formula is C13H26N4S. The molecule has 0 aromatic rings. The van der Waals surface area contributed by atoms with Crippen LogP contribution in [0.1, 0.15) is 51.4 Å². The van der Waals surface area contributed by atoms with Crippen molar-refractivity contribution in [2.45, 2.75) is 62.7 Å². The average molecular weight is 270 g/mol. The highest BCUT2D eigenvalue weighted by atomic mass is 32.2. The second kappa shape index (κ2) is 7.89. The van der Waals surface area contributed by atoms with Crippen molar-refractivity contribution in [3.8, 4) is 0 Å². The van der Waals surface area contributed by atoms with Gasteiger partial charge in [0.05, 0.1) is 6.54 Å². The summed E-state index contributed by atoms with van der Waals surface area (Å²) in [6.45, 7) is 0.893. The van der Waals surface area contributed by atoms with Crippen molar-refractivity contribution >= 4 is 17.7 Å². The maximum atomic E-state index is 5.56. The van der Waals surface area contributed by atoms with E-state index in [1.54, 1.807) is 0 Å². The molecule has 2 aliphatic rings. The number of hydrazine groups is 1. The molecule has 1 saturated carbocycles. The van der Waals surface area contributed by atoms with Gasteiger partial charge < -0.3 is 5.32 Å². The quantitative estimate of drug-likeness (QED) is 0.318. The van der Waals surface area contributed by atoms with E-state index in [0.717, 1.165) is 12.5 Å². The van der Waals surface area contributed by atoms with Gasteiger partial charge in [-0.15, -0.1) is 0 Å². The summed E-state index contributed by atoms with van der Waals surface area (Å²) in [5.41, 5.74) is 2.72. The molecule has 0 aromatic heterocycles. The van der Waals surface area contributed by atoms with Crippen LogP contribution in [0.25, 0.3) is 0 Å². The molecule has 1 aliphatic heterocycles. The van der Waals surface area contributed by atoms with Crippen molar-refractivity contribution in [1.29, 1.82) is 0 Å². The predicted octanol–water partition coefficient (Wildman–Crippen LogP) is 2.01. The summed E-state index contributed by atoms with van der Waals surface area (Å²) in [7, 11) is 0. The van der Waals surface area contributed by atoms with Gasteiger partial charge >= 0.3 is 0 Å². The van der Waals surface area contributed by atoms with Crippen molar-refractivity contribution in [2.75, 3.05) is 12.3 Å². The first-order valence-electron chi connectivity index (χ1n) is 7.27. The summed E-state index contributed by atoms with van der Waals surface area (Å²) in [5, 5.41) is 4.14. The Kier molecular flexibility index (Phi) is 6.14. The fraction of sp³-hybridized carbons (Fsp3) is 0.923. The average Bonchev–Trinajstić information content (AvgIpc) is 2.45. The SMILES string of the molecule is NNC(=NCC1CCCCS1)NC1CCCCC1. The third-order valence-corrected chi connectivity index (χ3v) is 5.19. The molecule has 0 aromatic carbocycles. The monoisotopic (exact) mass is 270 g/mol. The van der Waals surface area contributed by atoms with Gasteiger partial charge in [-0.25, -0.2) is 5.84 Å². The van der Waals surface area contributed by atoms with E-state index >= 15 is 0 Å². The number of rotatable bonds is 3. The largest absolute Gasteiger partial charge is 0.353 e. The molecule has 1 heterocycles. The first-order chi connectivity index (χ1) is 8.88. The van der Waals surface area contributed by atoms with Crippen LogP contribution in [0, 0.1) is 0 Å². The molecule has 0 amide bonds. The van der Waals surface area contributed by atoms with Gasteiger partial charge in [0.15, 0.2) is 0 Å². The van der Waals surface area contributed by atoms with Crippen molar-refractivity contribution in [1.82, 2.24) is 10.7 Å². The standard InChI is InChI=1S/C13H26N4S/c14-17-13(16-11-6-2-1-3-7-11)15-10-12-8-4-5-9-18-12/h11-12H,1-10,14H2,(H2,15,16,17). The molecule has 4 nitrogen and oxygen atoms in total. The second-order valence-electron chi connectivity index (χ2n) is 5.30. The number of thioether (sulfide) groups is 1. The van der Waals surface area contributed by atoms with Gasteiger partial charge in [-0.2, -0.15) is 11.8 Å². The van der Waals surface area contributed by atoms with Crippen molar-refractivity contribution < 1.29 is 0 Å². The van der Waals surface area contributed by atoms with E-state index in [4.69, 9.17) is 5.84 Å². The minimum Gasteiger partial charge on any atom is -0.353 e. The smallest absolute Gasteiger partial charge is 0.205 e. The van der Waals surface area contributed by atoms with Crippen LogP contribution in [0.2, 0.25) is 0 Å². The number of nitrogens with zero attached hydrogens (tertiary/aromatic N) is 1. The van der Waals surface area contributed by atoms with E-state index < -0.39 is 0 Å². The summed E-state index contributed by atoms with van der Waals surface area (Å²) < 4.78 is 0. The maximum Gasteiger partial charge on any atom is 0.205 e. The second-order valence-corrected chi connectivity index (χ2v) is 6.71. The van der Waals surface area contributed by atoms with Gasteiger partial charge in [-0.05, 0) is 31.4 Å². The number of guanidine groups is 1. The van der Waals surface area contributed by atoms with Crippen LogP contribution in [-0.2, 0) is 0 Å². The zero-order chi connectivity index (χ0) is 12.6. The molecule has 104 valence electrons. The lowest BCUT2D eigenvalue weighted by molar-refractivity contribution is 0.410. The van der Waals surface area contributed by atoms with E-state index in [1.165, 1.54) is 57.1 Å². The Hall–Kier alpha value is -0.420. The highest BCUT2D eigenvalue weighted by molar-refractivity contribution is 7.99. The highest BCUT2D eigenvalue weighted by Gasteiger charge is 2.16. The van der Waals surface area contributed by atoms with Gasteiger partial charge in [0.25, 0.3) is 0 Å². The highest BCUT2D eigenvalue weighted by Crippen LogP contribution is 2.25. The molecule has 18 heavy (non-hydrogen) atoms. The molecule has 2 fully saturated rings. The Bertz CT molecular complexity index is 258. The van der Waals surface area contributed by atoms with Gasteiger partial charge in [0.1, 0.15) is 0 Å². The molecule has 2 rings (SSSR count). The van der Waals surface area contributed by atoms with Gasteiger partial charge in [-0.1, -0.05) is 25.7 Å². The van der Waals surface area contributed by atoms with Crippen LogP contribution in [0.15, 0.2) is 4.99 Å². The van der Waals surface area contributed by atoms with E-state index in [1.807, 2.05) is 0 Å². The molecule has 0 spiro atoms. The maximum absolute atomic E-state index is 5.56. The Morgan fingerprint density at radius 1 is 1.11 bits per heavy atom. The molecule has 0 radical (unpaired) electrons. The summed E-state index contributed by atoms with van der Waals surface area (Å²) in [5.74, 6) is 7.63. The number of nitrogens with one attached hydrogen (secondary N) is 2. The van der Waals surface area contributed by atoms with Crippen molar-refractivity contribution in [3.63, 3.8) is 0 Å². The Labute approximate surface area is 115 Å². The molecule has 1 atom stereocenters. The molecule has 0 bridgehead atoms. The third-order valence-electron chi connectivity index (χ3n) is 3.81. The zero-order valence-electron chi connectivity index (χ0n) is 11.2. The van der Waals surface area contributed by atoms with E-state index in [2.05, 4.69) is 27.5 Å². The first kappa shape index (κ1) is 14.0. The fourth-order valence-electron chi connectivity index (χ4n) is 2.72. The van der Waals surface area contributed by atoms with Crippen LogP contribution in [0.4, 0.5) is 0 Å². The van der Waals surface area contributed by atoms with Gasteiger partial charge in [0.2, 0.25) is 5.96 Å². The first-order valence-corrected chi connectivity index (χ1v) is 8.32. The van der Waals surface area contributed by atoms with Gasteiger partial charge in [-0.3, -0.25) is 10.4 Å². The number of aliphatic imine (C=N–C) groups is 1. The minimum absolute atomic E-state index is 0.563. The van der Waals surface area contributed by atoms with Crippen LogP contribution < -0.4 is 16.6 Å².